The molecule has 0 fully saturated rings. The number of hydrogen-bond acceptors (Lipinski definition) is 4. The van der Waals surface area contributed by atoms with Crippen molar-refractivity contribution in [2.24, 2.45) is 0 Å². The Morgan fingerprint density at radius 2 is 1.76 bits per heavy atom. The predicted molar refractivity (Wildman–Crippen MR) is 124 cm³/mol. The average Bonchev–Trinajstić information content (AvgIpc) is 3.19. The predicted octanol–water partition coefficient (Wildman–Crippen LogP) is 6.33. The minimum Gasteiger partial charge on any atom is -0.465 e. The van der Waals surface area contributed by atoms with Gasteiger partial charge in [0.1, 0.15) is 12.6 Å². The van der Waals surface area contributed by atoms with Gasteiger partial charge in [0.05, 0.1) is 23.9 Å². The third-order valence-corrected chi connectivity index (χ3v) is 6.73. The number of halogens is 3. The van der Waals surface area contributed by atoms with Gasteiger partial charge in [0.2, 0.25) is 0 Å². The number of rotatable bonds is 8. The molecular weight excluding hydrogens is 449 g/mol. The fourth-order valence-corrected chi connectivity index (χ4v) is 3.94. The summed E-state index contributed by atoms with van der Waals surface area (Å²) >= 11 is 0. The molecule has 0 spiro atoms. The van der Waals surface area contributed by atoms with E-state index in [1.807, 2.05) is 0 Å². The highest BCUT2D eigenvalue weighted by atomic mass is 28.3. The molecule has 0 saturated carbocycles. The Bertz CT molecular complexity index is 1120. The number of nitrogens with zero attached hydrogens (tertiary/aromatic N) is 2. The fourth-order valence-electron chi connectivity index (χ4n) is 3.18. The lowest BCUT2D eigenvalue weighted by atomic mass is 10.1. The van der Waals surface area contributed by atoms with E-state index in [1.165, 1.54) is 13.2 Å². The number of carbonyl (C=O) groups is 1. The molecule has 2 aromatic carbocycles. The number of alkyl halides is 3. The fraction of sp³-hybridized carbons (Fsp3) is 0.333. The minimum absolute atomic E-state index is 0.189. The molecule has 0 saturated heterocycles. The highest BCUT2D eigenvalue weighted by Crippen LogP contribution is 2.33. The SMILES string of the molecule is COC(=O)c1cccc(-c2nc(-c3cccc(C(F)(F)F)c3)cn2COCC[Si](C)(C)C)c1. The summed E-state index contributed by atoms with van der Waals surface area (Å²) < 4.78 is 52.0. The molecule has 0 radical (unpaired) electrons. The van der Waals surface area contributed by atoms with Gasteiger partial charge >= 0.3 is 12.1 Å². The zero-order chi connectivity index (χ0) is 24.2. The largest absolute Gasteiger partial charge is 0.465 e. The van der Waals surface area contributed by atoms with Crippen LogP contribution in [-0.2, 0) is 22.4 Å². The third-order valence-electron chi connectivity index (χ3n) is 5.03. The van der Waals surface area contributed by atoms with Crippen molar-refractivity contribution in [2.75, 3.05) is 13.7 Å². The molecule has 5 nitrogen and oxygen atoms in total. The molecule has 0 unspecified atom stereocenters. The Morgan fingerprint density at radius 1 is 1.06 bits per heavy atom. The lowest BCUT2D eigenvalue weighted by Gasteiger charge is -2.16. The Hall–Kier alpha value is -2.91. The molecule has 0 amide bonds. The lowest BCUT2D eigenvalue weighted by molar-refractivity contribution is -0.137. The van der Waals surface area contributed by atoms with Crippen LogP contribution in [0.25, 0.3) is 22.6 Å². The molecule has 9 heteroatoms. The zero-order valence-electron chi connectivity index (χ0n) is 19.1. The van der Waals surface area contributed by atoms with E-state index in [0.717, 1.165) is 18.2 Å². The van der Waals surface area contributed by atoms with Crippen molar-refractivity contribution in [2.45, 2.75) is 38.6 Å². The summed E-state index contributed by atoms with van der Waals surface area (Å²) in [5.74, 6) is 0.000567. The molecule has 3 aromatic rings. The van der Waals surface area contributed by atoms with Crippen LogP contribution in [0.5, 0.6) is 0 Å². The molecule has 1 aromatic heterocycles. The van der Waals surface area contributed by atoms with Crippen LogP contribution in [0.2, 0.25) is 25.7 Å². The van der Waals surface area contributed by atoms with Crippen LogP contribution in [0.3, 0.4) is 0 Å². The summed E-state index contributed by atoms with van der Waals surface area (Å²) in [7, 11) is 0.0229. The first-order valence-corrected chi connectivity index (χ1v) is 14.2. The van der Waals surface area contributed by atoms with Gasteiger partial charge in [-0.1, -0.05) is 43.9 Å². The van der Waals surface area contributed by atoms with Crippen molar-refractivity contribution in [3.63, 3.8) is 0 Å². The second-order valence-corrected chi connectivity index (χ2v) is 14.5. The Morgan fingerprint density at radius 3 is 2.42 bits per heavy atom. The second-order valence-electron chi connectivity index (χ2n) is 8.92. The normalized spacial score (nSPS) is 12.1. The van der Waals surface area contributed by atoms with Crippen molar-refractivity contribution in [3.8, 4) is 22.6 Å². The number of benzene rings is 2. The molecule has 0 N–H and O–H groups in total. The van der Waals surface area contributed by atoms with Gasteiger partial charge in [-0.3, -0.25) is 0 Å². The smallest absolute Gasteiger partial charge is 0.416 e. The first kappa shape index (κ1) is 24.7. The standard InChI is InChI=1S/C24H27F3N2O3Si/c1-31-23(30)19-9-5-8-18(13-19)22-28-21(15-29(22)16-32-11-12-33(2,3)4)17-7-6-10-20(14-17)24(25,26)27/h5-10,13-15H,11-12,16H2,1-4H3. The van der Waals surface area contributed by atoms with Gasteiger partial charge in [-0.15, -0.1) is 0 Å². The van der Waals surface area contributed by atoms with Crippen LogP contribution < -0.4 is 0 Å². The number of hydrogen-bond donors (Lipinski definition) is 0. The minimum atomic E-state index is -4.45. The van der Waals surface area contributed by atoms with Crippen molar-refractivity contribution in [1.29, 1.82) is 0 Å². The van der Waals surface area contributed by atoms with E-state index in [4.69, 9.17) is 9.47 Å². The maximum absolute atomic E-state index is 13.2. The monoisotopic (exact) mass is 476 g/mol. The summed E-state index contributed by atoms with van der Waals surface area (Å²) in [6.45, 7) is 7.53. The van der Waals surface area contributed by atoms with Gasteiger partial charge in [-0.05, 0) is 30.3 Å². The first-order chi connectivity index (χ1) is 15.5. The summed E-state index contributed by atoms with van der Waals surface area (Å²) in [6, 6.07) is 12.8. The van der Waals surface area contributed by atoms with Crippen molar-refractivity contribution < 1.29 is 27.4 Å². The summed E-state index contributed by atoms with van der Waals surface area (Å²) in [5, 5.41) is 0. The maximum Gasteiger partial charge on any atom is 0.416 e. The average molecular weight is 477 g/mol. The number of esters is 1. The van der Waals surface area contributed by atoms with Gasteiger partial charge in [0, 0.05) is 32.0 Å². The molecular formula is C24H27F3N2O3Si. The van der Waals surface area contributed by atoms with Crippen LogP contribution in [0.15, 0.2) is 54.7 Å². The number of carbonyl (C=O) groups excluding carboxylic acids is 1. The van der Waals surface area contributed by atoms with E-state index in [9.17, 15) is 18.0 Å². The van der Waals surface area contributed by atoms with Gasteiger partial charge in [0.15, 0.2) is 0 Å². The molecule has 0 aliphatic heterocycles. The Labute approximate surface area is 192 Å². The van der Waals surface area contributed by atoms with E-state index in [1.54, 1.807) is 41.1 Å². The second kappa shape index (κ2) is 9.92. The molecule has 33 heavy (non-hydrogen) atoms. The summed E-state index contributed by atoms with van der Waals surface area (Å²) in [6.07, 6.45) is -2.78. The van der Waals surface area contributed by atoms with E-state index in [0.29, 0.717) is 34.8 Å². The van der Waals surface area contributed by atoms with Gasteiger partial charge < -0.3 is 14.0 Å². The van der Waals surface area contributed by atoms with E-state index in [2.05, 4.69) is 24.6 Å². The van der Waals surface area contributed by atoms with Crippen LogP contribution in [0.1, 0.15) is 15.9 Å². The number of methoxy groups -OCH3 is 1. The molecule has 0 atom stereocenters. The van der Waals surface area contributed by atoms with Gasteiger partial charge in [-0.25, -0.2) is 9.78 Å². The third kappa shape index (κ3) is 6.55. The Kier molecular flexibility index (Phi) is 7.43. The topological polar surface area (TPSA) is 53.3 Å². The molecule has 0 bridgehead atoms. The number of ether oxygens (including phenoxy) is 2. The molecule has 0 aliphatic carbocycles. The van der Waals surface area contributed by atoms with Crippen LogP contribution in [0, 0.1) is 0 Å². The van der Waals surface area contributed by atoms with Crippen LogP contribution >= 0.6 is 0 Å². The van der Waals surface area contributed by atoms with Gasteiger partial charge in [0.25, 0.3) is 0 Å². The van der Waals surface area contributed by atoms with Crippen LogP contribution in [-0.4, -0.2) is 37.3 Å². The highest BCUT2D eigenvalue weighted by Gasteiger charge is 2.30. The molecule has 1 heterocycles. The van der Waals surface area contributed by atoms with Crippen LogP contribution in [0.4, 0.5) is 13.2 Å². The first-order valence-electron chi connectivity index (χ1n) is 10.5. The summed E-state index contributed by atoms with van der Waals surface area (Å²) in [4.78, 5) is 16.6. The highest BCUT2D eigenvalue weighted by molar-refractivity contribution is 6.76. The molecule has 176 valence electrons. The number of aromatic nitrogens is 2. The number of imidazole rings is 1. The van der Waals surface area contributed by atoms with E-state index < -0.39 is 25.8 Å². The van der Waals surface area contributed by atoms with Crippen molar-refractivity contribution in [3.05, 3.63) is 65.9 Å². The molecule has 0 aliphatic rings. The lowest BCUT2D eigenvalue weighted by Crippen LogP contribution is -2.22. The molecule has 3 rings (SSSR count). The van der Waals surface area contributed by atoms with Crippen molar-refractivity contribution >= 4 is 14.0 Å². The Balaban J connectivity index is 1.99. The van der Waals surface area contributed by atoms with Gasteiger partial charge in [-0.2, -0.15) is 13.2 Å². The van der Waals surface area contributed by atoms with E-state index >= 15 is 0 Å². The van der Waals surface area contributed by atoms with E-state index in [-0.39, 0.29) is 6.73 Å². The quantitative estimate of drug-likeness (QED) is 0.216. The summed E-state index contributed by atoms with van der Waals surface area (Å²) in [5.41, 5.74) is 0.967. The van der Waals surface area contributed by atoms with Crippen molar-refractivity contribution in [1.82, 2.24) is 9.55 Å². The maximum atomic E-state index is 13.2. The zero-order valence-corrected chi connectivity index (χ0v) is 20.1.